The van der Waals surface area contributed by atoms with Crippen molar-refractivity contribution in [2.24, 2.45) is 0 Å². The summed E-state index contributed by atoms with van der Waals surface area (Å²) in [5, 5.41) is 1.97. The Labute approximate surface area is 137 Å². The van der Waals surface area contributed by atoms with E-state index in [0.29, 0.717) is 24.3 Å². The number of hydrogen-bond donors (Lipinski definition) is 2. The summed E-state index contributed by atoms with van der Waals surface area (Å²) in [5.74, 6) is 0.437. The number of thiophene rings is 1. The van der Waals surface area contributed by atoms with Crippen molar-refractivity contribution in [3.63, 3.8) is 0 Å². The van der Waals surface area contributed by atoms with E-state index in [4.69, 9.17) is 9.47 Å². The molecule has 2 aromatic rings. The zero-order valence-corrected chi connectivity index (χ0v) is 13.1. The van der Waals surface area contributed by atoms with Gasteiger partial charge in [-0.15, -0.1) is 11.3 Å². The van der Waals surface area contributed by atoms with Gasteiger partial charge in [-0.25, -0.2) is 0 Å². The molecule has 6 nitrogen and oxygen atoms in total. The van der Waals surface area contributed by atoms with E-state index in [0.717, 1.165) is 4.88 Å². The fraction of sp³-hybridized carbons (Fsp3) is 0.250. The van der Waals surface area contributed by atoms with Crippen molar-refractivity contribution in [3.8, 4) is 11.5 Å². The van der Waals surface area contributed by atoms with E-state index in [1.165, 1.54) is 0 Å². The van der Waals surface area contributed by atoms with Crippen LogP contribution in [-0.4, -0.2) is 24.5 Å². The number of aryl methyl sites for hydroxylation is 1. The summed E-state index contributed by atoms with van der Waals surface area (Å²) in [6.45, 7) is 0.105. The van der Waals surface area contributed by atoms with Gasteiger partial charge < -0.3 is 9.47 Å². The molecule has 23 heavy (non-hydrogen) atoms. The summed E-state index contributed by atoms with van der Waals surface area (Å²) in [7, 11) is 0. The first-order chi connectivity index (χ1) is 11.2. The van der Waals surface area contributed by atoms with Gasteiger partial charge in [-0.3, -0.25) is 20.4 Å². The molecule has 0 aliphatic carbocycles. The molecule has 1 atom stereocenters. The Kier molecular flexibility index (Phi) is 4.77. The highest BCUT2D eigenvalue weighted by atomic mass is 32.1. The molecule has 0 radical (unpaired) electrons. The lowest BCUT2D eigenvalue weighted by Crippen LogP contribution is -2.50. The Morgan fingerprint density at radius 3 is 2.74 bits per heavy atom. The Bertz CT molecular complexity index is 687. The molecule has 1 aromatic carbocycles. The second kappa shape index (κ2) is 7.15. The monoisotopic (exact) mass is 332 g/mol. The van der Waals surface area contributed by atoms with Crippen molar-refractivity contribution in [1.29, 1.82) is 0 Å². The van der Waals surface area contributed by atoms with Gasteiger partial charge in [0.05, 0.1) is 0 Å². The maximum Gasteiger partial charge on any atom is 0.283 e. The molecular formula is C16H16N2O4S. The molecule has 2 N–H and O–H groups in total. The average molecular weight is 332 g/mol. The fourth-order valence-electron chi connectivity index (χ4n) is 2.11. The Morgan fingerprint density at radius 2 is 1.96 bits per heavy atom. The smallest absolute Gasteiger partial charge is 0.283 e. The molecule has 1 aliphatic heterocycles. The predicted molar refractivity (Wildman–Crippen MR) is 85.3 cm³/mol. The van der Waals surface area contributed by atoms with E-state index in [2.05, 4.69) is 10.9 Å². The maximum absolute atomic E-state index is 12.0. The van der Waals surface area contributed by atoms with E-state index in [1.54, 1.807) is 29.5 Å². The number of carbonyl (C=O) groups is 2. The number of hydrazine groups is 1. The van der Waals surface area contributed by atoms with Gasteiger partial charge in [0.25, 0.3) is 5.91 Å². The van der Waals surface area contributed by atoms with Crippen LogP contribution >= 0.6 is 11.3 Å². The van der Waals surface area contributed by atoms with Gasteiger partial charge >= 0.3 is 0 Å². The Hall–Kier alpha value is -2.54. The van der Waals surface area contributed by atoms with Gasteiger partial charge in [-0.2, -0.15) is 0 Å². The molecule has 2 amide bonds. The van der Waals surface area contributed by atoms with Crippen LogP contribution in [0.1, 0.15) is 11.3 Å². The van der Waals surface area contributed by atoms with Gasteiger partial charge in [-0.05, 0) is 30.0 Å². The number of carbonyl (C=O) groups excluding carboxylic acids is 2. The molecule has 0 saturated heterocycles. The fourth-order valence-corrected chi connectivity index (χ4v) is 2.82. The van der Waals surface area contributed by atoms with Crippen LogP contribution in [-0.2, 0) is 16.0 Å². The first kappa shape index (κ1) is 15.4. The molecular weight excluding hydrogens is 316 g/mol. The number of amides is 2. The molecule has 1 unspecified atom stereocenters. The second-order valence-electron chi connectivity index (χ2n) is 4.98. The molecule has 0 fully saturated rings. The molecule has 3 rings (SSSR count). The number of fused-ring (bicyclic) bond motifs is 1. The topological polar surface area (TPSA) is 76.7 Å². The first-order valence-corrected chi connectivity index (χ1v) is 8.10. The molecule has 1 aromatic heterocycles. The van der Waals surface area contributed by atoms with Crippen molar-refractivity contribution in [2.45, 2.75) is 18.9 Å². The van der Waals surface area contributed by atoms with Gasteiger partial charge in [0.2, 0.25) is 12.0 Å². The van der Waals surface area contributed by atoms with E-state index >= 15 is 0 Å². The highest BCUT2D eigenvalue weighted by Gasteiger charge is 2.27. The van der Waals surface area contributed by atoms with E-state index < -0.39 is 12.0 Å². The van der Waals surface area contributed by atoms with Crippen molar-refractivity contribution >= 4 is 23.2 Å². The third kappa shape index (κ3) is 4.01. The normalized spacial score (nSPS) is 15.7. The quantitative estimate of drug-likeness (QED) is 0.835. The molecule has 1 aliphatic rings. The van der Waals surface area contributed by atoms with Crippen LogP contribution in [0, 0.1) is 0 Å². The highest BCUT2D eigenvalue weighted by molar-refractivity contribution is 7.09. The van der Waals surface area contributed by atoms with E-state index in [1.807, 2.05) is 23.6 Å². The number of para-hydroxylation sites is 2. The van der Waals surface area contributed by atoms with Crippen LogP contribution < -0.4 is 20.3 Å². The zero-order chi connectivity index (χ0) is 16.1. The number of ether oxygens (including phenoxy) is 2. The van der Waals surface area contributed by atoms with Crippen molar-refractivity contribution in [1.82, 2.24) is 10.9 Å². The van der Waals surface area contributed by atoms with Crippen LogP contribution in [0.5, 0.6) is 11.5 Å². The third-order valence-corrected chi connectivity index (χ3v) is 4.24. The standard InChI is InChI=1S/C16H16N2O4S/c19-15(8-7-11-4-3-9-23-11)17-18-16(20)14-10-21-12-5-1-2-6-13(12)22-14/h1-6,9,14H,7-8,10H2,(H,17,19)(H,18,20). The lowest BCUT2D eigenvalue weighted by Gasteiger charge is -2.25. The van der Waals surface area contributed by atoms with Crippen LogP contribution in [0.25, 0.3) is 0 Å². The van der Waals surface area contributed by atoms with Gasteiger partial charge in [0, 0.05) is 11.3 Å². The summed E-state index contributed by atoms with van der Waals surface area (Å²) in [4.78, 5) is 24.9. The number of rotatable bonds is 4. The molecule has 0 spiro atoms. The summed E-state index contributed by atoms with van der Waals surface area (Å²) >= 11 is 1.60. The minimum Gasteiger partial charge on any atom is -0.485 e. The summed E-state index contributed by atoms with van der Waals surface area (Å²) in [5.41, 5.74) is 4.77. The van der Waals surface area contributed by atoms with Crippen molar-refractivity contribution < 1.29 is 19.1 Å². The molecule has 7 heteroatoms. The molecule has 2 heterocycles. The Balaban J connectivity index is 1.44. The number of benzene rings is 1. The summed E-state index contributed by atoms with van der Waals surface area (Å²) in [6, 6.07) is 11.1. The number of hydrogen-bond acceptors (Lipinski definition) is 5. The Morgan fingerprint density at radius 1 is 1.13 bits per heavy atom. The minimum absolute atomic E-state index is 0.105. The molecule has 0 bridgehead atoms. The molecule has 120 valence electrons. The highest BCUT2D eigenvalue weighted by Crippen LogP contribution is 2.30. The van der Waals surface area contributed by atoms with E-state index in [9.17, 15) is 9.59 Å². The summed E-state index contributed by atoms with van der Waals surface area (Å²) in [6.07, 6.45) is 0.170. The predicted octanol–water partition coefficient (Wildman–Crippen LogP) is 1.67. The maximum atomic E-state index is 12.0. The van der Waals surface area contributed by atoms with Gasteiger partial charge in [0.1, 0.15) is 6.61 Å². The van der Waals surface area contributed by atoms with Gasteiger partial charge in [0.15, 0.2) is 11.5 Å². The second-order valence-corrected chi connectivity index (χ2v) is 6.01. The van der Waals surface area contributed by atoms with Crippen molar-refractivity contribution in [2.75, 3.05) is 6.61 Å². The van der Waals surface area contributed by atoms with Crippen LogP contribution in [0.15, 0.2) is 41.8 Å². The van der Waals surface area contributed by atoms with Crippen LogP contribution in [0.3, 0.4) is 0 Å². The lowest BCUT2D eigenvalue weighted by molar-refractivity contribution is -0.135. The SMILES string of the molecule is O=C(CCc1cccs1)NNC(=O)C1COc2ccccc2O1. The summed E-state index contributed by atoms with van der Waals surface area (Å²) < 4.78 is 11.0. The largest absolute Gasteiger partial charge is 0.485 e. The van der Waals surface area contributed by atoms with Crippen LogP contribution in [0.4, 0.5) is 0 Å². The lowest BCUT2D eigenvalue weighted by atomic mass is 10.2. The average Bonchev–Trinajstić information content (AvgIpc) is 3.11. The van der Waals surface area contributed by atoms with Gasteiger partial charge in [-0.1, -0.05) is 18.2 Å². The minimum atomic E-state index is -0.789. The van der Waals surface area contributed by atoms with E-state index in [-0.39, 0.29) is 12.5 Å². The number of nitrogens with one attached hydrogen (secondary N) is 2. The molecule has 0 saturated carbocycles. The van der Waals surface area contributed by atoms with Crippen molar-refractivity contribution in [3.05, 3.63) is 46.7 Å². The first-order valence-electron chi connectivity index (χ1n) is 7.22. The third-order valence-electron chi connectivity index (χ3n) is 3.30. The van der Waals surface area contributed by atoms with Crippen LogP contribution in [0.2, 0.25) is 0 Å². The zero-order valence-electron chi connectivity index (χ0n) is 12.3.